The van der Waals surface area contributed by atoms with Gasteiger partial charge in [-0.05, 0) is 18.6 Å². The van der Waals surface area contributed by atoms with Crippen LogP contribution >= 0.6 is 11.6 Å². The van der Waals surface area contributed by atoms with Crippen molar-refractivity contribution >= 4 is 11.6 Å². The minimum absolute atomic E-state index is 0.00372. The number of rotatable bonds is 4. The summed E-state index contributed by atoms with van der Waals surface area (Å²) in [4.78, 5) is 4.33. The van der Waals surface area contributed by atoms with Gasteiger partial charge in [0.2, 0.25) is 0 Å². The quantitative estimate of drug-likeness (QED) is 0.906. The molecule has 0 fully saturated rings. The maximum Gasteiger partial charge on any atom is 0.113 e. The van der Waals surface area contributed by atoms with Crippen LogP contribution in [0.2, 0.25) is 5.02 Å². The van der Waals surface area contributed by atoms with Gasteiger partial charge in [-0.25, -0.2) is 4.98 Å². The second-order valence-corrected chi connectivity index (χ2v) is 4.33. The Bertz CT molecular complexity index is 508. The molecule has 0 aliphatic heterocycles. The number of halogens is 1. The van der Waals surface area contributed by atoms with Gasteiger partial charge >= 0.3 is 0 Å². The van der Waals surface area contributed by atoms with Crippen LogP contribution in [0, 0.1) is 0 Å². The zero-order chi connectivity index (χ0) is 12.3. The Balaban J connectivity index is 2.51. The maximum atomic E-state index is 9.35. The van der Waals surface area contributed by atoms with Gasteiger partial charge in [0.1, 0.15) is 5.82 Å². The van der Waals surface area contributed by atoms with Crippen molar-refractivity contribution in [3.8, 4) is 5.69 Å². The van der Waals surface area contributed by atoms with Crippen molar-refractivity contribution in [2.45, 2.75) is 26.4 Å². The summed E-state index contributed by atoms with van der Waals surface area (Å²) in [5.74, 6) is 0.990. The second kappa shape index (κ2) is 5.34. The maximum absolute atomic E-state index is 9.35. The number of aromatic nitrogens is 2. The van der Waals surface area contributed by atoms with Gasteiger partial charge in [-0.1, -0.05) is 24.6 Å². The number of aliphatic hydroxyl groups excluding tert-OH is 1. The molecule has 0 saturated heterocycles. The lowest BCUT2D eigenvalue weighted by Crippen LogP contribution is -2.03. The Kier molecular flexibility index (Phi) is 3.82. The molecule has 0 saturated carbocycles. The van der Waals surface area contributed by atoms with Crippen LogP contribution in [0.3, 0.4) is 0 Å². The van der Waals surface area contributed by atoms with Gasteiger partial charge in [-0.15, -0.1) is 0 Å². The molecule has 3 nitrogen and oxygen atoms in total. The predicted molar refractivity (Wildman–Crippen MR) is 68.5 cm³/mol. The molecular formula is C13H15ClN2O. The molecule has 4 heteroatoms. The zero-order valence-electron chi connectivity index (χ0n) is 9.73. The highest BCUT2D eigenvalue weighted by Gasteiger charge is 2.09. The summed E-state index contributed by atoms with van der Waals surface area (Å²) in [6.07, 6.45) is 5.61. The number of nitrogens with zero attached hydrogens (tertiary/aromatic N) is 2. The number of hydrogen-bond acceptors (Lipinski definition) is 2. The van der Waals surface area contributed by atoms with Crippen LogP contribution in [0.4, 0.5) is 0 Å². The van der Waals surface area contributed by atoms with E-state index >= 15 is 0 Å². The van der Waals surface area contributed by atoms with Crippen molar-refractivity contribution in [1.29, 1.82) is 0 Å². The molecule has 1 heterocycles. The molecule has 0 radical (unpaired) electrons. The smallest absolute Gasteiger partial charge is 0.113 e. The van der Waals surface area contributed by atoms with E-state index in [1.54, 1.807) is 12.3 Å². The fraction of sp³-hybridized carbons (Fsp3) is 0.308. The molecule has 0 atom stereocenters. The summed E-state index contributed by atoms with van der Waals surface area (Å²) in [5.41, 5.74) is 1.76. The molecule has 0 spiro atoms. The number of aryl methyl sites for hydroxylation is 1. The van der Waals surface area contributed by atoms with Gasteiger partial charge in [-0.3, -0.25) is 0 Å². The molecule has 17 heavy (non-hydrogen) atoms. The van der Waals surface area contributed by atoms with E-state index in [-0.39, 0.29) is 6.61 Å². The molecule has 2 rings (SSSR count). The van der Waals surface area contributed by atoms with Crippen molar-refractivity contribution < 1.29 is 5.11 Å². The fourth-order valence-corrected chi connectivity index (χ4v) is 2.02. The van der Waals surface area contributed by atoms with Gasteiger partial charge in [0.15, 0.2) is 0 Å². The summed E-state index contributed by atoms with van der Waals surface area (Å²) in [6.45, 7) is 2.11. The van der Waals surface area contributed by atoms with E-state index in [0.29, 0.717) is 5.02 Å². The third-order valence-corrected chi connectivity index (χ3v) is 2.90. The van der Waals surface area contributed by atoms with E-state index in [9.17, 15) is 5.11 Å². The largest absolute Gasteiger partial charge is 0.392 e. The SMILES string of the molecule is CCCc1nccn1-c1cc(Cl)ccc1CO. The van der Waals surface area contributed by atoms with Crippen LogP contribution in [0.5, 0.6) is 0 Å². The van der Waals surface area contributed by atoms with Gasteiger partial charge in [0, 0.05) is 29.4 Å². The van der Waals surface area contributed by atoms with E-state index in [0.717, 1.165) is 29.9 Å². The number of hydrogen-bond donors (Lipinski definition) is 1. The summed E-state index contributed by atoms with van der Waals surface area (Å²) in [7, 11) is 0. The second-order valence-electron chi connectivity index (χ2n) is 3.89. The highest BCUT2D eigenvalue weighted by Crippen LogP contribution is 2.21. The van der Waals surface area contributed by atoms with E-state index < -0.39 is 0 Å². The van der Waals surface area contributed by atoms with E-state index in [1.165, 1.54) is 0 Å². The number of aliphatic hydroxyl groups is 1. The molecule has 1 aromatic heterocycles. The lowest BCUT2D eigenvalue weighted by molar-refractivity contribution is 0.281. The van der Waals surface area contributed by atoms with Crippen LogP contribution in [0.25, 0.3) is 5.69 Å². The molecule has 1 N–H and O–H groups in total. The van der Waals surface area contributed by atoms with Gasteiger partial charge < -0.3 is 9.67 Å². The molecule has 0 aliphatic carbocycles. The van der Waals surface area contributed by atoms with Crippen molar-refractivity contribution in [3.63, 3.8) is 0 Å². The molecule has 0 amide bonds. The average Bonchev–Trinajstić information content (AvgIpc) is 2.77. The zero-order valence-corrected chi connectivity index (χ0v) is 10.5. The lowest BCUT2D eigenvalue weighted by atomic mass is 10.2. The first-order valence-electron chi connectivity index (χ1n) is 5.68. The summed E-state index contributed by atoms with van der Waals surface area (Å²) in [6, 6.07) is 5.48. The monoisotopic (exact) mass is 250 g/mol. The molecule has 0 bridgehead atoms. The van der Waals surface area contributed by atoms with Gasteiger partial charge in [0.25, 0.3) is 0 Å². The number of imidazole rings is 1. The molecule has 0 aliphatic rings. The highest BCUT2D eigenvalue weighted by molar-refractivity contribution is 6.30. The molecule has 90 valence electrons. The predicted octanol–water partition coefficient (Wildman–Crippen LogP) is 2.97. The van der Waals surface area contributed by atoms with Gasteiger partial charge in [0.05, 0.1) is 12.3 Å². The average molecular weight is 251 g/mol. The first-order chi connectivity index (χ1) is 8.26. The van der Waals surface area contributed by atoms with Gasteiger partial charge in [-0.2, -0.15) is 0 Å². The van der Waals surface area contributed by atoms with Crippen LogP contribution < -0.4 is 0 Å². The Morgan fingerprint density at radius 3 is 2.94 bits per heavy atom. The minimum atomic E-state index is -0.00372. The normalized spacial score (nSPS) is 10.8. The molecule has 1 aromatic carbocycles. The first-order valence-corrected chi connectivity index (χ1v) is 6.06. The molecule has 2 aromatic rings. The Labute approximate surface area is 106 Å². The van der Waals surface area contributed by atoms with Crippen LogP contribution in [0.15, 0.2) is 30.6 Å². The Morgan fingerprint density at radius 1 is 1.41 bits per heavy atom. The minimum Gasteiger partial charge on any atom is -0.392 e. The van der Waals surface area contributed by atoms with E-state index in [4.69, 9.17) is 11.6 Å². The third-order valence-electron chi connectivity index (χ3n) is 2.67. The Morgan fingerprint density at radius 2 is 2.24 bits per heavy atom. The topological polar surface area (TPSA) is 38.0 Å². The highest BCUT2D eigenvalue weighted by atomic mass is 35.5. The third kappa shape index (κ3) is 2.51. The summed E-state index contributed by atoms with van der Waals surface area (Å²) < 4.78 is 1.99. The first kappa shape index (κ1) is 12.1. The van der Waals surface area contributed by atoms with Crippen molar-refractivity contribution in [2.75, 3.05) is 0 Å². The molecular weight excluding hydrogens is 236 g/mol. The Hall–Kier alpha value is -1.32. The lowest BCUT2D eigenvalue weighted by Gasteiger charge is -2.11. The fourth-order valence-electron chi connectivity index (χ4n) is 1.86. The summed E-state index contributed by atoms with van der Waals surface area (Å²) >= 11 is 6.00. The van der Waals surface area contributed by atoms with E-state index in [1.807, 2.05) is 22.9 Å². The van der Waals surface area contributed by atoms with Crippen LogP contribution in [-0.2, 0) is 13.0 Å². The van der Waals surface area contributed by atoms with Crippen molar-refractivity contribution in [1.82, 2.24) is 9.55 Å². The number of benzene rings is 1. The summed E-state index contributed by atoms with van der Waals surface area (Å²) in [5, 5.41) is 10.0. The van der Waals surface area contributed by atoms with E-state index in [2.05, 4.69) is 11.9 Å². The van der Waals surface area contributed by atoms with Crippen LogP contribution in [-0.4, -0.2) is 14.7 Å². The van der Waals surface area contributed by atoms with Crippen LogP contribution in [0.1, 0.15) is 24.7 Å². The van der Waals surface area contributed by atoms with Crippen molar-refractivity contribution in [3.05, 3.63) is 47.0 Å². The molecule has 0 unspecified atom stereocenters. The van der Waals surface area contributed by atoms with Crippen molar-refractivity contribution in [2.24, 2.45) is 0 Å². The standard InChI is InChI=1S/C13H15ClN2O/c1-2-3-13-15-6-7-16(13)12-8-11(14)5-4-10(12)9-17/h4-8,17H,2-3,9H2,1H3.